The number of hydrogen-bond acceptors (Lipinski definition) is 6. The van der Waals surface area contributed by atoms with Gasteiger partial charge in [-0.15, -0.1) is 10.2 Å². The molecule has 1 N–H and O–H groups in total. The predicted octanol–water partition coefficient (Wildman–Crippen LogP) is 2.38. The van der Waals surface area contributed by atoms with Gasteiger partial charge in [0.05, 0.1) is 23.1 Å². The van der Waals surface area contributed by atoms with Crippen LogP contribution in [0.25, 0.3) is 5.69 Å². The predicted molar refractivity (Wildman–Crippen MR) is 103 cm³/mol. The van der Waals surface area contributed by atoms with Gasteiger partial charge in [-0.25, -0.2) is 0 Å². The molecule has 3 rings (SSSR count). The minimum Gasteiger partial charge on any atom is -0.383 e. The van der Waals surface area contributed by atoms with E-state index in [0.717, 1.165) is 37.6 Å². The summed E-state index contributed by atoms with van der Waals surface area (Å²) in [7, 11) is 1.60. The van der Waals surface area contributed by atoms with Crippen molar-refractivity contribution in [2.24, 2.45) is 0 Å². The Morgan fingerprint density at radius 2 is 2.08 bits per heavy atom. The molecule has 0 unspecified atom stereocenters. The Labute approximate surface area is 162 Å². The highest BCUT2D eigenvalue weighted by molar-refractivity contribution is 7.99. The summed E-state index contributed by atoms with van der Waals surface area (Å²) in [4.78, 5) is 14.2. The average Bonchev–Trinajstić information content (AvgIpc) is 3.30. The average molecular weight is 396 g/mol. The van der Waals surface area contributed by atoms with E-state index in [1.165, 1.54) is 11.8 Å². The first kappa shape index (κ1) is 19.0. The lowest BCUT2D eigenvalue weighted by Gasteiger charge is -2.19. The number of ether oxygens (including phenoxy) is 1. The van der Waals surface area contributed by atoms with Crippen molar-refractivity contribution in [3.63, 3.8) is 0 Å². The number of hydrogen-bond donors (Lipinski definition) is 1. The number of carbonyl (C=O) groups is 1. The van der Waals surface area contributed by atoms with Crippen LogP contribution in [0.4, 0.5) is 5.95 Å². The van der Waals surface area contributed by atoms with Crippen LogP contribution in [0.1, 0.15) is 12.8 Å². The summed E-state index contributed by atoms with van der Waals surface area (Å²) >= 11 is 7.76. The van der Waals surface area contributed by atoms with E-state index in [2.05, 4.69) is 20.4 Å². The molecule has 1 fully saturated rings. The fraction of sp³-hybridized carbons (Fsp3) is 0.471. The summed E-state index contributed by atoms with van der Waals surface area (Å²) in [5.74, 6) is 0.966. The van der Waals surface area contributed by atoms with Gasteiger partial charge in [0.2, 0.25) is 11.9 Å². The molecular formula is C17H22ClN5O2S. The van der Waals surface area contributed by atoms with Crippen LogP contribution in [-0.4, -0.2) is 59.8 Å². The van der Waals surface area contributed by atoms with Crippen molar-refractivity contribution >= 4 is 35.2 Å². The summed E-state index contributed by atoms with van der Waals surface area (Å²) in [6.07, 6.45) is 2.28. The zero-order valence-electron chi connectivity index (χ0n) is 14.7. The number of benzene rings is 1. The highest BCUT2D eigenvalue weighted by Crippen LogP contribution is 2.31. The molecule has 26 heavy (non-hydrogen) atoms. The quantitative estimate of drug-likeness (QED) is 0.546. The van der Waals surface area contributed by atoms with Crippen LogP contribution in [0, 0.1) is 0 Å². The molecule has 1 aliphatic rings. The summed E-state index contributed by atoms with van der Waals surface area (Å²) in [5.41, 5.74) is 0.823. The molecule has 2 heterocycles. The van der Waals surface area contributed by atoms with Crippen LogP contribution >= 0.6 is 23.4 Å². The summed E-state index contributed by atoms with van der Waals surface area (Å²) in [5, 5.41) is 12.8. The number of thioether (sulfide) groups is 1. The van der Waals surface area contributed by atoms with E-state index < -0.39 is 0 Å². The molecule has 140 valence electrons. The van der Waals surface area contributed by atoms with Gasteiger partial charge in [0, 0.05) is 26.7 Å². The Kier molecular flexibility index (Phi) is 6.76. The number of carbonyl (C=O) groups excluding carboxylic acids is 1. The number of nitrogens with zero attached hydrogens (tertiary/aromatic N) is 4. The number of anilines is 1. The molecule has 0 aliphatic carbocycles. The number of nitrogens with one attached hydrogen (secondary N) is 1. The normalized spacial score (nSPS) is 14.0. The summed E-state index contributed by atoms with van der Waals surface area (Å²) in [6, 6.07) is 7.60. The van der Waals surface area contributed by atoms with Gasteiger partial charge in [0.25, 0.3) is 0 Å². The molecule has 0 atom stereocenters. The van der Waals surface area contributed by atoms with Crippen molar-refractivity contribution in [3.8, 4) is 5.69 Å². The molecule has 1 aromatic carbocycles. The largest absolute Gasteiger partial charge is 0.383 e. The molecule has 1 aliphatic heterocycles. The Hall–Kier alpha value is -1.77. The Bertz CT molecular complexity index is 749. The van der Waals surface area contributed by atoms with E-state index in [4.69, 9.17) is 16.3 Å². The van der Waals surface area contributed by atoms with E-state index >= 15 is 0 Å². The third kappa shape index (κ3) is 4.49. The Morgan fingerprint density at radius 1 is 1.31 bits per heavy atom. The highest BCUT2D eigenvalue weighted by atomic mass is 35.5. The van der Waals surface area contributed by atoms with Gasteiger partial charge >= 0.3 is 0 Å². The molecule has 7 nitrogen and oxygen atoms in total. The first-order valence-electron chi connectivity index (χ1n) is 8.54. The van der Waals surface area contributed by atoms with Crippen LogP contribution in [0.15, 0.2) is 29.4 Å². The van der Waals surface area contributed by atoms with E-state index in [1.807, 2.05) is 28.8 Å². The number of halogens is 1. The van der Waals surface area contributed by atoms with E-state index in [9.17, 15) is 4.79 Å². The SMILES string of the molecule is COCCNC(=O)CSc1nnc(N2CCCC2)n1-c1ccccc1Cl. The summed E-state index contributed by atoms with van der Waals surface area (Å²) in [6.45, 7) is 2.88. The number of para-hydroxylation sites is 1. The molecular weight excluding hydrogens is 374 g/mol. The van der Waals surface area contributed by atoms with Crippen molar-refractivity contribution in [2.45, 2.75) is 18.0 Å². The minimum atomic E-state index is -0.0662. The number of methoxy groups -OCH3 is 1. The van der Waals surface area contributed by atoms with E-state index in [1.54, 1.807) is 7.11 Å². The standard InChI is InChI=1S/C17H22ClN5O2S/c1-25-11-8-19-15(24)12-26-17-21-20-16(22-9-4-5-10-22)23(17)14-7-3-2-6-13(14)18/h2-3,6-7H,4-5,8-12H2,1H3,(H,19,24). The highest BCUT2D eigenvalue weighted by Gasteiger charge is 2.23. The number of aromatic nitrogens is 3. The maximum Gasteiger partial charge on any atom is 0.232 e. The molecule has 2 aromatic rings. The lowest BCUT2D eigenvalue weighted by molar-refractivity contribution is -0.118. The van der Waals surface area contributed by atoms with Gasteiger partial charge in [0.15, 0.2) is 5.16 Å². The monoisotopic (exact) mass is 395 g/mol. The second-order valence-electron chi connectivity index (χ2n) is 5.89. The van der Waals surface area contributed by atoms with Crippen molar-refractivity contribution in [1.82, 2.24) is 20.1 Å². The van der Waals surface area contributed by atoms with Gasteiger partial charge < -0.3 is 15.0 Å². The van der Waals surface area contributed by atoms with Crippen molar-refractivity contribution < 1.29 is 9.53 Å². The van der Waals surface area contributed by atoms with Crippen molar-refractivity contribution in [1.29, 1.82) is 0 Å². The lowest BCUT2D eigenvalue weighted by Crippen LogP contribution is -2.28. The molecule has 0 saturated carbocycles. The molecule has 0 bridgehead atoms. The van der Waals surface area contributed by atoms with Gasteiger partial charge in [-0.05, 0) is 25.0 Å². The van der Waals surface area contributed by atoms with Crippen LogP contribution in [0.3, 0.4) is 0 Å². The van der Waals surface area contributed by atoms with Gasteiger partial charge in [-0.1, -0.05) is 35.5 Å². The fourth-order valence-corrected chi connectivity index (χ4v) is 3.79. The van der Waals surface area contributed by atoms with Crippen molar-refractivity contribution in [3.05, 3.63) is 29.3 Å². The zero-order chi connectivity index (χ0) is 18.4. The topological polar surface area (TPSA) is 72.3 Å². The minimum absolute atomic E-state index is 0.0662. The Balaban J connectivity index is 1.81. The van der Waals surface area contributed by atoms with Crippen LogP contribution in [0.2, 0.25) is 5.02 Å². The molecule has 1 amide bonds. The first-order chi connectivity index (χ1) is 12.7. The molecule has 1 saturated heterocycles. The fourth-order valence-electron chi connectivity index (χ4n) is 2.80. The molecule has 0 spiro atoms. The van der Waals surface area contributed by atoms with Crippen LogP contribution in [0.5, 0.6) is 0 Å². The molecule has 9 heteroatoms. The van der Waals surface area contributed by atoms with E-state index in [-0.39, 0.29) is 11.7 Å². The maximum atomic E-state index is 12.0. The third-order valence-corrected chi connectivity index (χ3v) is 5.31. The smallest absolute Gasteiger partial charge is 0.232 e. The lowest BCUT2D eigenvalue weighted by atomic mass is 10.3. The molecule has 0 radical (unpaired) electrons. The summed E-state index contributed by atoms with van der Waals surface area (Å²) < 4.78 is 6.88. The van der Waals surface area contributed by atoms with Crippen molar-refractivity contribution in [2.75, 3.05) is 44.0 Å². The van der Waals surface area contributed by atoms with E-state index in [0.29, 0.717) is 23.3 Å². The second-order valence-corrected chi connectivity index (χ2v) is 7.24. The van der Waals surface area contributed by atoms with Gasteiger partial charge in [-0.3, -0.25) is 9.36 Å². The van der Waals surface area contributed by atoms with Gasteiger partial charge in [-0.2, -0.15) is 0 Å². The maximum absolute atomic E-state index is 12.0. The van der Waals surface area contributed by atoms with Crippen LogP contribution < -0.4 is 10.2 Å². The van der Waals surface area contributed by atoms with Gasteiger partial charge in [0.1, 0.15) is 0 Å². The number of amides is 1. The first-order valence-corrected chi connectivity index (χ1v) is 9.90. The number of rotatable bonds is 8. The molecule has 1 aromatic heterocycles. The van der Waals surface area contributed by atoms with Crippen LogP contribution in [-0.2, 0) is 9.53 Å². The third-order valence-electron chi connectivity index (χ3n) is 4.06. The Morgan fingerprint density at radius 3 is 2.81 bits per heavy atom. The second kappa shape index (κ2) is 9.25. The zero-order valence-corrected chi connectivity index (χ0v) is 16.2.